The molecule has 6 N–H and O–H groups in total. The van der Waals surface area contributed by atoms with Gasteiger partial charge in [0.15, 0.2) is 0 Å². The van der Waals surface area contributed by atoms with Crippen molar-refractivity contribution in [3.63, 3.8) is 0 Å². The highest BCUT2D eigenvalue weighted by Gasteiger charge is 2.00. The number of nitrogens with zero attached hydrogens (tertiary/aromatic N) is 2. The van der Waals surface area contributed by atoms with Gasteiger partial charge in [-0.25, -0.2) is 0 Å². The molecule has 13 heteroatoms. The fraction of sp³-hybridized carbons (Fsp3) is 0.833. The third kappa shape index (κ3) is 45.0. The summed E-state index contributed by atoms with van der Waals surface area (Å²) in [5.41, 5.74) is 0. The monoisotopic (exact) mass is 392 g/mol. The molecule has 0 atom stereocenters. The van der Waals surface area contributed by atoms with Gasteiger partial charge in [-0.05, 0) is 14.1 Å². The van der Waals surface area contributed by atoms with Gasteiger partial charge in [-0.15, -0.1) is 0 Å². The van der Waals surface area contributed by atoms with E-state index in [2.05, 4.69) is 0 Å². The predicted molar refractivity (Wildman–Crippen MR) is 87.8 cm³/mol. The summed E-state index contributed by atoms with van der Waals surface area (Å²) in [7, 11) is -1.11. The van der Waals surface area contributed by atoms with Crippen molar-refractivity contribution in [2.24, 2.45) is 0 Å². The van der Waals surface area contributed by atoms with E-state index in [1.807, 2.05) is 0 Å². The van der Waals surface area contributed by atoms with Crippen LogP contribution in [0.1, 0.15) is 12.8 Å². The predicted octanol–water partition coefficient (Wildman–Crippen LogP) is -1.88. The van der Waals surface area contributed by atoms with E-state index >= 15 is 0 Å². The molecule has 0 heterocycles. The highest BCUT2D eigenvalue weighted by atomic mass is 32.3. The minimum absolute atomic E-state index is 0.0795. The highest BCUT2D eigenvalue weighted by Crippen LogP contribution is 1.86. The molecule has 0 saturated heterocycles. The molecule has 0 aromatic rings. The van der Waals surface area contributed by atoms with Crippen LogP contribution in [-0.4, -0.2) is 113 Å². The number of aliphatic hydroxyl groups excluding tert-OH is 2. The van der Waals surface area contributed by atoms with Crippen molar-refractivity contribution in [2.75, 3.05) is 53.5 Å². The Morgan fingerprint density at radius 2 is 1.00 bits per heavy atom. The maximum absolute atomic E-state index is 10.0. The van der Waals surface area contributed by atoms with Crippen LogP contribution in [0.25, 0.3) is 0 Å². The molecule has 0 aromatic carbocycles. The van der Waals surface area contributed by atoms with Crippen molar-refractivity contribution < 1.29 is 47.5 Å². The molecule has 0 saturated carbocycles. The van der Waals surface area contributed by atoms with Crippen molar-refractivity contribution in [3.8, 4) is 0 Å². The molecular formula is C12H28N2O10S. The van der Waals surface area contributed by atoms with E-state index in [9.17, 15) is 9.59 Å². The normalized spacial score (nSPS) is 10.6. The number of carbonyl (C=O) groups is 2. The molecule has 0 unspecified atom stereocenters. The summed E-state index contributed by atoms with van der Waals surface area (Å²) >= 11 is 0. The van der Waals surface area contributed by atoms with Crippen LogP contribution in [0.2, 0.25) is 0 Å². The largest absolute Gasteiger partial charge is 0.481 e. The first-order valence-electron chi connectivity index (χ1n) is 7.05. The number of carboxylic acid groups (broad SMARTS) is 2. The van der Waals surface area contributed by atoms with Gasteiger partial charge in [0.25, 0.3) is 0 Å². The first-order chi connectivity index (χ1) is 11.3. The van der Waals surface area contributed by atoms with Gasteiger partial charge >= 0.3 is 22.3 Å². The molecular weight excluding hydrogens is 364 g/mol. The molecule has 0 fully saturated rings. The molecule has 0 radical (unpaired) electrons. The topological polar surface area (TPSA) is 196 Å². The van der Waals surface area contributed by atoms with Gasteiger partial charge in [-0.2, -0.15) is 8.42 Å². The van der Waals surface area contributed by atoms with E-state index in [4.69, 9.17) is 37.9 Å². The average Bonchev–Trinajstić information content (AvgIpc) is 2.42. The Balaban J connectivity index is -0.000000308. The van der Waals surface area contributed by atoms with Crippen molar-refractivity contribution in [2.45, 2.75) is 12.8 Å². The van der Waals surface area contributed by atoms with Crippen molar-refractivity contribution in [3.05, 3.63) is 0 Å². The van der Waals surface area contributed by atoms with Gasteiger partial charge in [0, 0.05) is 26.2 Å². The molecule has 0 aliphatic carbocycles. The molecule has 0 aromatic heterocycles. The van der Waals surface area contributed by atoms with Gasteiger partial charge in [0.2, 0.25) is 0 Å². The lowest BCUT2D eigenvalue weighted by Gasteiger charge is -2.12. The molecule has 0 bridgehead atoms. The summed E-state index contributed by atoms with van der Waals surface area (Å²) in [6, 6.07) is 0. The van der Waals surface area contributed by atoms with E-state index in [1.165, 1.54) is 0 Å². The maximum atomic E-state index is 10.0. The Morgan fingerprint density at radius 3 is 1.16 bits per heavy atom. The number of hydrogen-bond acceptors (Lipinski definition) is 8. The molecule has 0 rings (SSSR count). The lowest BCUT2D eigenvalue weighted by atomic mass is 10.4. The zero-order chi connectivity index (χ0) is 20.5. The first-order valence-corrected chi connectivity index (χ1v) is 8.45. The fourth-order valence-electron chi connectivity index (χ4n) is 1.14. The molecule has 152 valence electrons. The van der Waals surface area contributed by atoms with Gasteiger partial charge in [0.1, 0.15) is 0 Å². The zero-order valence-electron chi connectivity index (χ0n) is 14.3. The molecule has 25 heavy (non-hydrogen) atoms. The Bertz CT molecular complexity index is 409. The standard InChI is InChI=1S/2C6H13NO3.H2O4S/c2*1-7(4-5-8)3-2-6(9)10;1-5(2,3)4/h2*8H,2-5H2,1H3,(H,9,10);(H2,1,2,3,4). The van der Waals surface area contributed by atoms with Gasteiger partial charge < -0.3 is 30.2 Å². The lowest BCUT2D eigenvalue weighted by Crippen LogP contribution is -2.24. The van der Waals surface area contributed by atoms with E-state index in [1.54, 1.807) is 23.9 Å². The highest BCUT2D eigenvalue weighted by molar-refractivity contribution is 7.79. The summed E-state index contributed by atoms with van der Waals surface area (Å²) < 4.78 is 31.6. The Kier molecular flexibility index (Phi) is 19.9. The second kappa shape index (κ2) is 17.5. The summed E-state index contributed by atoms with van der Waals surface area (Å²) in [6.45, 7) is 2.22. The minimum Gasteiger partial charge on any atom is -0.481 e. The number of likely N-dealkylation sites (N-methyl/N-ethyl adjacent to an activating group) is 2. The van der Waals surface area contributed by atoms with Crippen LogP contribution >= 0.6 is 0 Å². The first kappa shape index (κ1) is 28.5. The molecule has 0 amide bonds. The Labute approximate surface area is 146 Å². The summed E-state index contributed by atoms with van der Waals surface area (Å²) in [5, 5.41) is 33.3. The van der Waals surface area contributed by atoms with Crippen LogP contribution in [0.15, 0.2) is 0 Å². The average molecular weight is 392 g/mol. The van der Waals surface area contributed by atoms with Crippen LogP contribution in [0, 0.1) is 0 Å². The number of aliphatic hydroxyl groups is 2. The van der Waals surface area contributed by atoms with Crippen molar-refractivity contribution in [1.29, 1.82) is 0 Å². The molecule has 0 aliphatic heterocycles. The lowest BCUT2D eigenvalue weighted by molar-refractivity contribution is -0.138. The van der Waals surface area contributed by atoms with E-state index in [0.717, 1.165) is 0 Å². The van der Waals surface area contributed by atoms with Crippen LogP contribution in [0.4, 0.5) is 0 Å². The molecule has 0 aliphatic rings. The second-order valence-corrected chi connectivity index (χ2v) is 5.68. The minimum atomic E-state index is -4.67. The smallest absolute Gasteiger partial charge is 0.394 e. The van der Waals surface area contributed by atoms with E-state index < -0.39 is 22.3 Å². The summed E-state index contributed by atoms with van der Waals surface area (Å²) in [5.74, 6) is -1.60. The fourth-order valence-corrected chi connectivity index (χ4v) is 1.14. The number of hydrogen-bond donors (Lipinski definition) is 6. The van der Waals surface area contributed by atoms with Crippen LogP contribution in [0.3, 0.4) is 0 Å². The third-order valence-corrected chi connectivity index (χ3v) is 2.38. The second-order valence-electron chi connectivity index (χ2n) is 4.79. The van der Waals surface area contributed by atoms with Crippen LogP contribution in [0.5, 0.6) is 0 Å². The maximum Gasteiger partial charge on any atom is 0.394 e. The van der Waals surface area contributed by atoms with Crippen molar-refractivity contribution >= 4 is 22.3 Å². The number of aliphatic carboxylic acids is 2. The Hall–Kier alpha value is -1.35. The van der Waals surface area contributed by atoms with Gasteiger partial charge in [0.05, 0.1) is 26.1 Å². The van der Waals surface area contributed by atoms with Crippen LogP contribution in [-0.2, 0) is 20.0 Å². The summed E-state index contributed by atoms with van der Waals surface area (Å²) in [4.78, 5) is 23.6. The van der Waals surface area contributed by atoms with E-state index in [0.29, 0.717) is 26.2 Å². The third-order valence-electron chi connectivity index (χ3n) is 2.38. The number of carboxylic acids is 2. The quantitative estimate of drug-likeness (QED) is 0.227. The SMILES string of the molecule is CN(CCO)CCC(=O)O.CN(CCO)CCC(=O)O.O=S(=O)(O)O. The number of rotatable bonds is 10. The summed E-state index contributed by atoms with van der Waals surface area (Å²) in [6.07, 6.45) is 0.271. The van der Waals surface area contributed by atoms with E-state index in [-0.39, 0.29) is 26.1 Å². The van der Waals surface area contributed by atoms with Gasteiger partial charge in [-0.3, -0.25) is 18.7 Å². The molecule has 0 spiro atoms. The van der Waals surface area contributed by atoms with Gasteiger partial charge in [-0.1, -0.05) is 0 Å². The van der Waals surface area contributed by atoms with Crippen LogP contribution < -0.4 is 0 Å². The Morgan fingerprint density at radius 1 is 0.760 bits per heavy atom. The van der Waals surface area contributed by atoms with Crippen molar-refractivity contribution in [1.82, 2.24) is 9.80 Å². The molecule has 12 nitrogen and oxygen atoms in total. The zero-order valence-corrected chi connectivity index (χ0v) is 15.1.